The SMILES string of the molecule is CCc1c(F)ccc2cc(OC(=O)N(C)C)ccc12. The van der Waals surface area contributed by atoms with Gasteiger partial charge in [0.1, 0.15) is 11.6 Å². The third kappa shape index (κ3) is 2.67. The summed E-state index contributed by atoms with van der Waals surface area (Å²) in [5.74, 6) is 0.257. The van der Waals surface area contributed by atoms with E-state index < -0.39 is 6.09 Å². The number of halogens is 1. The molecule has 100 valence electrons. The maximum absolute atomic E-state index is 13.6. The molecule has 0 aromatic heterocycles. The van der Waals surface area contributed by atoms with Gasteiger partial charge < -0.3 is 9.64 Å². The zero-order valence-corrected chi connectivity index (χ0v) is 11.2. The van der Waals surface area contributed by atoms with Crippen LogP contribution >= 0.6 is 0 Å². The summed E-state index contributed by atoms with van der Waals surface area (Å²) in [6.07, 6.45) is 0.192. The second-order valence-electron chi connectivity index (χ2n) is 4.52. The van der Waals surface area contributed by atoms with Gasteiger partial charge in [0.05, 0.1) is 0 Å². The van der Waals surface area contributed by atoms with Gasteiger partial charge in [-0.15, -0.1) is 0 Å². The average Bonchev–Trinajstić information content (AvgIpc) is 2.38. The molecule has 3 nitrogen and oxygen atoms in total. The van der Waals surface area contributed by atoms with E-state index in [1.807, 2.05) is 6.92 Å². The lowest BCUT2D eigenvalue weighted by atomic mass is 10.0. The molecule has 19 heavy (non-hydrogen) atoms. The van der Waals surface area contributed by atoms with Crippen LogP contribution in [0.15, 0.2) is 30.3 Å². The number of ether oxygens (including phenoxy) is 1. The van der Waals surface area contributed by atoms with Gasteiger partial charge in [-0.2, -0.15) is 0 Å². The number of benzene rings is 2. The highest BCUT2D eigenvalue weighted by molar-refractivity contribution is 5.87. The summed E-state index contributed by atoms with van der Waals surface area (Å²) in [4.78, 5) is 12.8. The molecule has 2 rings (SSSR count). The Balaban J connectivity index is 2.42. The summed E-state index contributed by atoms with van der Waals surface area (Å²) in [5, 5.41) is 1.72. The van der Waals surface area contributed by atoms with E-state index in [0.29, 0.717) is 17.7 Å². The molecule has 1 amide bonds. The van der Waals surface area contributed by atoms with Crippen molar-refractivity contribution in [1.82, 2.24) is 4.90 Å². The van der Waals surface area contributed by atoms with Crippen LogP contribution in [-0.2, 0) is 6.42 Å². The topological polar surface area (TPSA) is 29.5 Å². The number of hydrogen-bond acceptors (Lipinski definition) is 2. The Morgan fingerprint density at radius 1 is 1.26 bits per heavy atom. The van der Waals surface area contributed by atoms with E-state index in [9.17, 15) is 9.18 Å². The first-order chi connectivity index (χ1) is 9.02. The van der Waals surface area contributed by atoms with Crippen molar-refractivity contribution in [3.05, 3.63) is 41.7 Å². The quantitative estimate of drug-likeness (QED) is 0.826. The number of rotatable bonds is 2. The largest absolute Gasteiger partial charge is 0.414 e. The molecule has 2 aromatic rings. The minimum atomic E-state index is -0.433. The molecule has 0 aliphatic rings. The van der Waals surface area contributed by atoms with E-state index in [2.05, 4.69) is 0 Å². The van der Waals surface area contributed by atoms with Crippen molar-refractivity contribution in [2.24, 2.45) is 0 Å². The van der Waals surface area contributed by atoms with Crippen LogP contribution in [0.4, 0.5) is 9.18 Å². The molecule has 0 saturated heterocycles. The van der Waals surface area contributed by atoms with Gasteiger partial charge in [-0.3, -0.25) is 0 Å². The molecule has 0 saturated carbocycles. The molecule has 0 radical (unpaired) electrons. The Bertz CT molecular complexity index is 623. The van der Waals surface area contributed by atoms with Gasteiger partial charge in [0.2, 0.25) is 0 Å². The Morgan fingerprint density at radius 2 is 2.00 bits per heavy atom. The summed E-state index contributed by atoms with van der Waals surface area (Å²) in [7, 11) is 3.24. The maximum Gasteiger partial charge on any atom is 0.414 e. The Morgan fingerprint density at radius 3 is 2.63 bits per heavy atom. The number of carbonyl (C=O) groups excluding carboxylic acids is 1. The molecule has 0 bridgehead atoms. The van der Waals surface area contributed by atoms with Crippen LogP contribution in [-0.4, -0.2) is 25.1 Å². The van der Waals surface area contributed by atoms with Crippen molar-refractivity contribution in [3.8, 4) is 5.75 Å². The van der Waals surface area contributed by atoms with Crippen molar-refractivity contribution in [2.45, 2.75) is 13.3 Å². The average molecular weight is 261 g/mol. The van der Waals surface area contributed by atoms with Gasteiger partial charge in [0, 0.05) is 14.1 Å². The van der Waals surface area contributed by atoms with Gasteiger partial charge in [-0.25, -0.2) is 9.18 Å². The predicted molar refractivity (Wildman–Crippen MR) is 73.0 cm³/mol. The standard InChI is InChI=1S/C15H16FNO2/c1-4-12-13-7-6-11(19-15(18)17(2)3)9-10(13)5-8-14(12)16/h5-9H,4H2,1-3H3. The Labute approximate surface area is 111 Å². The van der Waals surface area contributed by atoms with E-state index in [-0.39, 0.29) is 5.82 Å². The molecule has 0 spiro atoms. The summed E-state index contributed by atoms with van der Waals surface area (Å²) in [6.45, 7) is 1.91. The van der Waals surface area contributed by atoms with E-state index in [1.165, 1.54) is 11.0 Å². The normalized spacial score (nSPS) is 10.5. The van der Waals surface area contributed by atoms with E-state index in [4.69, 9.17) is 4.74 Å². The van der Waals surface area contributed by atoms with Crippen LogP contribution in [0.3, 0.4) is 0 Å². The van der Waals surface area contributed by atoms with Crippen LogP contribution in [0.1, 0.15) is 12.5 Å². The maximum atomic E-state index is 13.6. The molecule has 0 heterocycles. The Hall–Kier alpha value is -2.10. The molecular formula is C15H16FNO2. The summed E-state index contributed by atoms with van der Waals surface area (Å²) >= 11 is 0. The number of hydrogen-bond donors (Lipinski definition) is 0. The number of aryl methyl sites for hydroxylation is 1. The van der Waals surface area contributed by atoms with Crippen LogP contribution < -0.4 is 4.74 Å². The zero-order chi connectivity index (χ0) is 14.0. The number of amides is 1. The van der Waals surface area contributed by atoms with Crippen LogP contribution in [0.2, 0.25) is 0 Å². The highest BCUT2D eigenvalue weighted by Crippen LogP contribution is 2.26. The lowest BCUT2D eigenvalue weighted by Crippen LogP contribution is -2.25. The summed E-state index contributed by atoms with van der Waals surface area (Å²) in [5.41, 5.74) is 0.683. The monoisotopic (exact) mass is 261 g/mol. The first-order valence-corrected chi connectivity index (χ1v) is 6.13. The first-order valence-electron chi connectivity index (χ1n) is 6.13. The van der Waals surface area contributed by atoms with E-state index in [0.717, 1.165) is 10.8 Å². The van der Waals surface area contributed by atoms with Gasteiger partial charge in [-0.05, 0) is 41.0 Å². The molecule has 0 aliphatic carbocycles. The lowest BCUT2D eigenvalue weighted by Gasteiger charge is -2.12. The van der Waals surface area contributed by atoms with Crippen molar-refractivity contribution in [2.75, 3.05) is 14.1 Å². The molecule has 0 N–H and O–H groups in total. The molecule has 2 aromatic carbocycles. The van der Waals surface area contributed by atoms with Gasteiger partial charge in [0.25, 0.3) is 0 Å². The molecule has 0 atom stereocenters. The number of carbonyl (C=O) groups is 1. The smallest absolute Gasteiger partial charge is 0.410 e. The third-order valence-electron chi connectivity index (χ3n) is 2.97. The zero-order valence-electron chi connectivity index (χ0n) is 11.2. The Kier molecular flexibility index (Phi) is 3.69. The van der Waals surface area contributed by atoms with Gasteiger partial charge in [0.15, 0.2) is 0 Å². The summed E-state index contributed by atoms with van der Waals surface area (Å²) in [6, 6.07) is 8.35. The fourth-order valence-corrected chi connectivity index (χ4v) is 1.96. The number of fused-ring (bicyclic) bond motifs is 1. The van der Waals surface area contributed by atoms with Crippen molar-refractivity contribution >= 4 is 16.9 Å². The van der Waals surface area contributed by atoms with Crippen molar-refractivity contribution < 1.29 is 13.9 Å². The van der Waals surface area contributed by atoms with Crippen LogP contribution in [0.5, 0.6) is 5.75 Å². The van der Waals surface area contributed by atoms with Crippen molar-refractivity contribution in [3.63, 3.8) is 0 Å². The second kappa shape index (κ2) is 5.26. The fraction of sp³-hybridized carbons (Fsp3) is 0.267. The molecular weight excluding hydrogens is 245 g/mol. The lowest BCUT2D eigenvalue weighted by molar-refractivity contribution is 0.172. The van der Waals surface area contributed by atoms with E-state index >= 15 is 0 Å². The molecule has 0 aliphatic heterocycles. The minimum absolute atomic E-state index is 0.201. The van der Waals surface area contributed by atoms with Gasteiger partial charge in [-0.1, -0.05) is 19.1 Å². The van der Waals surface area contributed by atoms with Crippen molar-refractivity contribution in [1.29, 1.82) is 0 Å². The highest BCUT2D eigenvalue weighted by atomic mass is 19.1. The second-order valence-corrected chi connectivity index (χ2v) is 4.52. The number of nitrogens with zero attached hydrogens (tertiary/aromatic N) is 1. The van der Waals surface area contributed by atoms with Crippen LogP contribution in [0, 0.1) is 5.82 Å². The van der Waals surface area contributed by atoms with Crippen LogP contribution in [0.25, 0.3) is 10.8 Å². The molecule has 0 unspecified atom stereocenters. The summed E-state index contributed by atoms with van der Waals surface area (Å²) < 4.78 is 18.8. The van der Waals surface area contributed by atoms with Gasteiger partial charge >= 0.3 is 6.09 Å². The third-order valence-corrected chi connectivity index (χ3v) is 2.97. The first kappa shape index (κ1) is 13.3. The fourth-order valence-electron chi connectivity index (χ4n) is 1.96. The van der Waals surface area contributed by atoms with E-state index in [1.54, 1.807) is 38.4 Å². The molecule has 0 fully saturated rings. The highest BCUT2D eigenvalue weighted by Gasteiger charge is 2.10. The molecule has 4 heteroatoms. The predicted octanol–water partition coefficient (Wildman–Crippen LogP) is 3.60. The minimum Gasteiger partial charge on any atom is -0.410 e.